The lowest BCUT2D eigenvalue weighted by molar-refractivity contribution is -0.118. The zero-order valence-electron chi connectivity index (χ0n) is 9.72. The maximum atomic E-state index is 11.6. The number of rotatable bonds is 5. The van der Waals surface area contributed by atoms with E-state index in [1.807, 2.05) is 0 Å². The smallest absolute Gasteiger partial charge is 0.230 e. The van der Waals surface area contributed by atoms with Gasteiger partial charge in [0.2, 0.25) is 5.91 Å². The van der Waals surface area contributed by atoms with E-state index < -0.39 is 0 Å². The summed E-state index contributed by atoms with van der Waals surface area (Å²) in [5, 5.41) is 10.6. The van der Waals surface area contributed by atoms with E-state index in [1.165, 1.54) is 55.2 Å². The summed E-state index contributed by atoms with van der Waals surface area (Å²) in [6.07, 6.45) is 6.53. The Morgan fingerprint density at radius 3 is 3.00 bits per heavy atom. The largest absolute Gasteiger partial charge is 0.355 e. The van der Waals surface area contributed by atoms with Gasteiger partial charge in [-0.3, -0.25) is 4.79 Å². The van der Waals surface area contributed by atoms with Gasteiger partial charge < -0.3 is 5.32 Å². The average molecular weight is 271 g/mol. The molecule has 0 atom stereocenters. The van der Waals surface area contributed by atoms with Gasteiger partial charge in [-0.25, -0.2) is 0 Å². The van der Waals surface area contributed by atoms with Crippen LogP contribution in [0.4, 0.5) is 0 Å². The maximum absolute atomic E-state index is 11.6. The lowest BCUT2D eigenvalue weighted by atomic mass is 9.89. The van der Waals surface area contributed by atoms with Gasteiger partial charge >= 0.3 is 0 Å². The summed E-state index contributed by atoms with van der Waals surface area (Å²) in [4.78, 5) is 11.6. The highest BCUT2D eigenvalue weighted by molar-refractivity contribution is 8.01. The van der Waals surface area contributed by atoms with E-state index in [9.17, 15) is 4.79 Å². The quantitative estimate of drug-likeness (QED) is 0.835. The summed E-state index contributed by atoms with van der Waals surface area (Å²) in [6.45, 7) is 0.843. The summed E-state index contributed by atoms with van der Waals surface area (Å²) in [6, 6.07) is 0. The van der Waals surface area contributed by atoms with Crippen LogP contribution in [0.25, 0.3) is 0 Å². The second-order valence-corrected chi connectivity index (χ2v) is 6.36. The number of hydrogen-bond acceptors (Lipinski definition) is 5. The van der Waals surface area contributed by atoms with Crippen molar-refractivity contribution in [2.45, 2.75) is 36.4 Å². The SMILES string of the molecule is O=C(CSc1nncs1)NCC1CCCCC1. The van der Waals surface area contributed by atoms with E-state index in [1.54, 1.807) is 5.51 Å². The van der Waals surface area contributed by atoms with E-state index in [4.69, 9.17) is 0 Å². The topological polar surface area (TPSA) is 54.9 Å². The number of amides is 1. The van der Waals surface area contributed by atoms with Crippen molar-refractivity contribution in [1.82, 2.24) is 15.5 Å². The Morgan fingerprint density at radius 2 is 2.29 bits per heavy atom. The van der Waals surface area contributed by atoms with Crippen LogP contribution in [0.2, 0.25) is 0 Å². The Kier molecular flexibility index (Phi) is 5.25. The van der Waals surface area contributed by atoms with Crippen molar-refractivity contribution >= 4 is 29.0 Å². The fraction of sp³-hybridized carbons (Fsp3) is 0.727. The van der Waals surface area contributed by atoms with E-state index in [-0.39, 0.29) is 5.91 Å². The van der Waals surface area contributed by atoms with E-state index >= 15 is 0 Å². The van der Waals surface area contributed by atoms with Crippen LogP contribution in [0.15, 0.2) is 9.85 Å². The lowest BCUT2D eigenvalue weighted by Gasteiger charge is -2.21. The number of thioether (sulfide) groups is 1. The van der Waals surface area contributed by atoms with Gasteiger partial charge in [-0.2, -0.15) is 0 Å². The van der Waals surface area contributed by atoms with Gasteiger partial charge in [-0.1, -0.05) is 42.4 Å². The highest BCUT2D eigenvalue weighted by atomic mass is 32.2. The minimum atomic E-state index is 0.107. The fourth-order valence-corrected chi connectivity index (χ4v) is 3.37. The number of nitrogens with one attached hydrogen (secondary N) is 1. The van der Waals surface area contributed by atoms with Gasteiger partial charge in [0.05, 0.1) is 5.75 Å². The van der Waals surface area contributed by atoms with Crippen LogP contribution < -0.4 is 5.32 Å². The molecule has 1 fully saturated rings. The molecule has 1 aromatic heterocycles. The van der Waals surface area contributed by atoms with Crippen molar-refractivity contribution in [1.29, 1.82) is 0 Å². The normalized spacial score (nSPS) is 16.9. The molecule has 1 aliphatic rings. The minimum absolute atomic E-state index is 0.107. The molecule has 1 amide bonds. The van der Waals surface area contributed by atoms with Gasteiger partial charge in [-0.05, 0) is 18.8 Å². The molecular formula is C11H17N3OS2. The van der Waals surface area contributed by atoms with Gasteiger partial charge in [0.25, 0.3) is 0 Å². The molecule has 0 aromatic carbocycles. The highest BCUT2D eigenvalue weighted by Gasteiger charge is 2.14. The van der Waals surface area contributed by atoms with Crippen LogP contribution in [-0.4, -0.2) is 28.4 Å². The summed E-state index contributed by atoms with van der Waals surface area (Å²) < 4.78 is 0.859. The molecule has 0 bridgehead atoms. The van der Waals surface area contributed by atoms with Crippen molar-refractivity contribution in [3.63, 3.8) is 0 Å². The third-order valence-electron chi connectivity index (χ3n) is 2.98. The number of nitrogens with zero attached hydrogens (tertiary/aromatic N) is 2. The van der Waals surface area contributed by atoms with Crippen LogP contribution in [0.3, 0.4) is 0 Å². The predicted molar refractivity (Wildman–Crippen MR) is 70.2 cm³/mol. The van der Waals surface area contributed by atoms with Crippen molar-refractivity contribution in [3.8, 4) is 0 Å². The summed E-state index contributed by atoms with van der Waals surface area (Å²) in [5.74, 6) is 1.25. The summed E-state index contributed by atoms with van der Waals surface area (Å²) in [7, 11) is 0. The molecule has 17 heavy (non-hydrogen) atoms. The summed E-state index contributed by atoms with van der Waals surface area (Å²) in [5.41, 5.74) is 1.68. The van der Waals surface area contributed by atoms with E-state index in [2.05, 4.69) is 15.5 Å². The predicted octanol–water partition coefficient (Wildman–Crippen LogP) is 2.33. The second-order valence-electron chi connectivity index (χ2n) is 4.30. The molecule has 1 heterocycles. The van der Waals surface area contributed by atoms with Crippen molar-refractivity contribution in [2.75, 3.05) is 12.3 Å². The number of carbonyl (C=O) groups excluding carboxylic acids is 1. The summed E-state index contributed by atoms with van der Waals surface area (Å²) >= 11 is 2.93. The fourth-order valence-electron chi connectivity index (χ4n) is 2.05. The van der Waals surface area contributed by atoms with Crippen LogP contribution in [0.5, 0.6) is 0 Å². The Balaban J connectivity index is 1.60. The van der Waals surface area contributed by atoms with Gasteiger partial charge in [0.1, 0.15) is 5.51 Å². The van der Waals surface area contributed by atoms with Gasteiger partial charge in [0.15, 0.2) is 4.34 Å². The van der Waals surface area contributed by atoms with E-state index in [0.717, 1.165) is 10.9 Å². The second kappa shape index (κ2) is 6.96. The van der Waals surface area contributed by atoms with Crippen LogP contribution in [-0.2, 0) is 4.79 Å². The third-order valence-corrected chi connectivity index (χ3v) is 4.84. The molecule has 0 aliphatic heterocycles. The van der Waals surface area contributed by atoms with E-state index in [0.29, 0.717) is 11.7 Å². The molecule has 2 rings (SSSR count). The first-order chi connectivity index (χ1) is 8.34. The van der Waals surface area contributed by atoms with Gasteiger partial charge in [-0.15, -0.1) is 10.2 Å². The Labute approximate surface area is 110 Å². The number of carbonyl (C=O) groups is 1. The molecule has 94 valence electrons. The first-order valence-electron chi connectivity index (χ1n) is 6.00. The molecule has 1 saturated carbocycles. The average Bonchev–Trinajstić information content (AvgIpc) is 2.88. The third kappa shape index (κ3) is 4.63. The van der Waals surface area contributed by atoms with Crippen LogP contribution in [0.1, 0.15) is 32.1 Å². The molecule has 6 heteroatoms. The molecule has 0 unspecified atom stereocenters. The molecule has 1 aromatic rings. The highest BCUT2D eigenvalue weighted by Crippen LogP contribution is 2.23. The molecular weight excluding hydrogens is 254 g/mol. The molecule has 1 aliphatic carbocycles. The van der Waals surface area contributed by atoms with Crippen molar-refractivity contribution < 1.29 is 4.79 Å². The van der Waals surface area contributed by atoms with Gasteiger partial charge in [0, 0.05) is 6.54 Å². The number of hydrogen-bond donors (Lipinski definition) is 1. The Bertz CT molecular complexity index is 336. The van der Waals surface area contributed by atoms with Crippen molar-refractivity contribution in [2.24, 2.45) is 5.92 Å². The molecule has 0 saturated heterocycles. The van der Waals surface area contributed by atoms with Crippen LogP contribution in [0, 0.1) is 5.92 Å². The number of aromatic nitrogens is 2. The molecule has 1 N–H and O–H groups in total. The first-order valence-corrected chi connectivity index (χ1v) is 7.87. The Morgan fingerprint density at radius 1 is 1.47 bits per heavy atom. The molecule has 4 nitrogen and oxygen atoms in total. The van der Waals surface area contributed by atoms with Crippen LogP contribution >= 0.6 is 23.1 Å². The Hall–Kier alpha value is -0.620. The minimum Gasteiger partial charge on any atom is -0.355 e. The maximum Gasteiger partial charge on any atom is 0.230 e. The zero-order chi connectivity index (χ0) is 11.9. The zero-order valence-corrected chi connectivity index (χ0v) is 11.4. The first kappa shape index (κ1) is 12.8. The molecule has 0 radical (unpaired) electrons. The molecule has 0 spiro atoms. The van der Waals surface area contributed by atoms with Crippen molar-refractivity contribution in [3.05, 3.63) is 5.51 Å². The lowest BCUT2D eigenvalue weighted by Crippen LogP contribution is -2.31. The standard InChI is InChI=1S/C11H17N3OS2/c15-10(7-16-11-14-13-8-17-11)12-6-9-4-2-1-3-5-9/h8-9H,1-7H2,(H,12,15). The monoisotopic (exact) mass is 271 g/mol.